The van der Waals surface area contributed by atoms with Crippen molar-refractivity contribution in [2.75, 3.05) is 12.4 Å². The average molecular weight is 284 g/mol. The van der Waals surface area contributed by atoms with Crippen LogP contribution in [0.4, 0.5) is 5.82 Å². The Balaban J connectivity index is 1.72. The second-order valence-corrected chi connectivity index (χ2v) is 4.19. The maximum atomic E-state index is 12.0. The van der Waals surface area contributed by atoms with E-state index in [9.17, 15) is 4.79 Å². The van der Waals surface area contributed by atoms with Crippen molar-refractivity contribution in [3.05, 3.63) is 48.4 Å². The number of aromatic amines is 1. The fourth-order valence-electron chi connectivity index (χ4n) is 1.77. The molecule has 3 rings (SSSR count). The Morgan fingerprint density at radius 3 is 2.95 bits per heavy atom. The number of anilines is 1. The van der Waals surface area contributed by atoms with E-state index in [0.717, 1.165) is 0 Å². The van der Waals surface area contributed by atoms with Crippen molar-refractivity contribution in [2.45, 2.75) is 0 Å². The number of nitrogens with one attached hydrogen (secondary N) is 2. The summed E-state index contributed by atoms with van der Waals surface area (Å²) in [6, 6.07) is 8.51. The minimum Gasteiger partial charge on any atom is -0.481 e. The summed E-state index contributed by atoms with van der Waals surface area (Å²) < 4.78 is 10.2. The van der Waals surface area contributed by atoms with Gasteiger partial charge >= 0.3 is 0 Å². The van der Waals surface area contributed by atoms with Gasteiger partial charge in [-0.15, -0.1) is 0 Å². The van der Waals surface area contributed by atoms with Gasteiger partial charge in [0.05, 0.1) is 18.9 Å². The minimum absolute atomic E-state index is 0.303. The van der Waals surface area contributed by atoms with Gasteiger partial charge in [-0.25, -0.2) is 4.98 Å². The van der Waals surface area contributed by atoms with E-state index in [1.165, 1.54) is 13.3 Å². The molecule has 0 saturated carbocycles. The van der Waals surface area contributed by atoms with Crippen LogP contribution in [-0.2, 0) is 0 Å². The highest BCUT2D eigenvalue weighted by molar-refractivity contribution is 6.03. The maximum absolute atomic E-state index is 12.0. The van der Waals surface area contributed by atoms with Crippen molar-refractivity contribution in [1.29, 1.82) is 0 Å². The number of amides is 1. The van der Waals surface area contributed by atoms with E-state index in [-0.39, 0.29) is 5.91 Å². The topological polar surface area (TPSA) is 93.0 Å². The predicted octanol–water partition coefficient (Wildman–Crippen LogP) is 2.33. The molecule has 106 valence electrons. The van der Waals surface area contributed by atoms with E-state index >= 15 is 0 Å². The Labute approximate surface area is 120 Å². The van der Waals surface area contributed by atoms with Crippen molar-refractivity contribution in [3.8, 4) is 17.3 Å². The van der Waals surface area contributed by atoms with Crippen LogP contribution in [0, 0.1) is 0 Å². The van der Waals surface area contributed by atoms with Crippen LogP contribution < -0.4 is 10.1 Å². The van der Waals surface area contributed by atoms with Gasteiger partial charge in [0, 0.05) is 18.3 Å². The van der Waals surface area contributed by atoms with Crippen molar-refractivity contribution < 1.29 is 13.9 Å². The largest absolute Gasteiger partial charge is 0.481 e. The third kappa shape index (κ3) is 2.76. The first-order valence-corrected chi connectivity index (χ1v) is 6.17. The number of hydrogen-bond acceptors (Lipinski definition) is 5. The van der Waals surface area contributed by atoms with E-state index in [4.69, 9.17) is 9.15 Å². The molecule has 3 heterocycles. The first-order chi connectivity index (χ1) is 10.3. The van der Waals surface area contributed by atoms with Gasteiger partial charge in [0.25, 0.3) is 5.91 Å². The molecule has 3 aromatic rings. The Kier molecular flexibility index (Phi) is 3.38. The van der Waals surface area contributed by atoms with Crippen LogP contribution in [0.3, 0.4) is 0 Å². The molecule has 0 aliphatic rings. The molecule has 2 N–H and O–H groups in total. The van der Waals surface area contributed by atoms with Gasteiger partial charge in [-0.05, 0) is 18.2 Å². The summed E-state index contributed by atoms with van der Waals surface area (Å²) in [6.07, 6.45) is 3.01. The van der Waals surface area contributed by atoms with Crippen molar-refractivity contribution >= 4 is 11.7 Å². The number of furan rings is 1. The minimum atomic E-state index is -0.303. The zero-order chi connectivity index (χ0) is 14.7. The quantitative estimate of drug-likeness (QED) is 0.767. The number of rotatable bonds is 4. The lowest BCUT2D eigenvalue weighted by molar-refractivity contribution is 0.102. The molecule has 0 aliphatic heterocycles. The molecule has 0 aromatic carbocycles. The number of nitrogens with zero attached hydrogens (tertiary/aromatic N) is 2. The Bertz CT molecular complexity index is 732. The lowest BCUT2D eigenvalue weighted by Gasteiger charge is -2.02. The molecule has 3 aromatic heterocycles. The van der Waals surface area contributed by atoms with Gasteiger partial charge in [0.1, 0.15) is 5.69 Å². The summed E-state index contributed by atoms with van der Waals surface area (Å²) in [5, 5.41) is 9.47. The molecule has 0 aliphatic carbocycles. The normalized spacial score (nSPS) is 10.3. The first kappa shape index (κ1) is 12.9. The second kappa shape index (κ2) is 5.49. The van der Waals surface area contributed by atoms with Crippen LogP contribution in [0.15, 0.2) is 47.2 Å². The molecule has 0 radical (unpaired) electrons. The van der Waals surface area contributed by atoms with E-state index in [1.807, 2.05) is 0 Å². The molecule has 0 bridgehead atoms. The first-order valence-electron chi connectivity index (χ1n) is 6.17. The third-order valence-electron chi connectivity index (χ3n) is 2.81. The number of hydrogen-bond donors (Lipinski definition) is 2. The monoisotopic (exact) mass is 284 g/mol. The zero-order valence-electron chi connectivity index (χ0n) is 11.2. The fourth-order valence-corrected chi connectivity index (χ4v) is 1.77. The summed E-state index contributed by atoms with van der Waals surface area (Å²) >= 11 is 0. The molecule has 0 saturated heterocycles. The molecule has 0 unspecified atom stereocenters. The molecular weight excluding hydrogens is 272 g/mol. The standard InChI is InChI=1S/C14H12N4O3/c1-20-13-5-4-9(8-15-13)14(19)16-12-7-10(17-18-12)11-3-2-6-21-11/h2-8H,1H3,(H2,16,17,18,19). The summed E-state index contributed by atoms with van der Waals surface area (Å²) in [4.78, 5) is 16.0. The summed E-state index contributed by atoms with van der Waals surface area (Å²) in [7, 11) is 1.52. The van der Waals surface area contributed by atoms with Crippen molar-refractivity contribution in [2.24, 2.45) is 0 Å². The van der Waals surface area contributed by atoms with E-state index in [1.54, 1.807) is 36.6 Å². The van der Waals surface area contributed by atoms with E-state index in [2.05, 4.69) is 20.5 Å². The Hall–Kier alpha value is -3.09. The second-order valence-electron chi connectivity index (χ2n) is 4.19. The van der Waals surface area contributed by atoms with Crippen LogP contribution in [0.25, 0.3) is 11.5 Å². The van der Waals surface area contributed by atoms with Crippen molar-refractivity contribution in [3.63, 3.8) is 0 Å². The fraction of sp³-hybridized carbons (Fsp3) is 0.0714. The van der Waals surface area contributed by atoms with Gasteiger partial charge in [-0.3, -0.25) is 9.89 Å². The summed E-state index contributed by atoms with van der Waals surface area (Å²) in [6.45, 7) is 0. The number of pyridine rings is 1. The highest BCUT2D eigenvalue weighted by atomic mass is 16.5. The lowest BCUT2D eigenvalue weighted by Crippen LogP contribution is -2.12. The molecule has 0 atom stereocenters. The number of carbonyl (C=O) groups is 1. The van der Waals surface area contributed by atoms with Gasteiger partial charge in [-0.2, -0.15) is 5.10 Å². The number of carbonyl (C=O) groups excluding carboxylic acids is 1. The van der Waals surface area contributed by atoms with Gasteiger partial charge < -0.3 is 14.5 Å². The molecule has 0 fully saturated rings. The van der Waals surface area contributed by atoms with Crippen LogP contribution in [0.1, 0.15) is 10.4 Å². The predicted molar refractivity (Wildman–Crippen MR) is 75.0 cm³/mol. The smallest absolute Gasteiger partial charge is 0.258 e. The SMILES string of the molecule is COc1ccc(C(=O)Nc2cc(-c3ccco3)[nH]n2)cn1. The molecular formula is C14H12N4O3. The third-order valence-corrected chi connectivity index (χ3v) is 2.81. The summed E-state index contributed by atoms with van der Waals surface area (Å²) in [5.41, 5.74) is 1.10. The highest BCUT2D eigenvalue weighted by Gasteiger charge is 2.11. The van der Waals surface area contributed by atoms with Crippen LogP contribution in [-0.4, -0.2) is 28.2 Å². The van der Waals surface area contributed by atoms with Crippen LogP contribution in [0.5, 0.6) is 5.88 Å². The number of methoxy groups -OCH3 is 1. The van der Waals surface area contributed by atoms with E-state index in [0.29, 0.717) is 28.7 Å². The number of aromatic nitrogens is 3. The van der Waals surface area contributed by atoms with Gasteiger partial charge in [0.15, 0.2) is 11.6 Å². The molecule has 7 heteroatoms. The highest BCUT2D eigenvalue weighted by Crippen LogP contribution is 2.20. The van der Waals surface area contributed by atoms with Gasteiger partial charge in [0.2, 0.25) is 5.88 Å². The van der Waals surface area contributed by atoms with Crippen molar-refractivity contribution in [1.82, 2.24) is 15.2 Å². The maximum Gasteiger partial charge on any atom is 0.258 e. The van der Waals surface area contributed by atoms with Crippen LogP contribution in [0.2, 0.25) is 0 Å². The Morgan fingerprint density at radius 1 is 1.38 bits per heavy atom. The molecule has 0 spiro atoms. The number of ether oxygens (including phenoxy) is 1. The van der Waals surface area contributed by atoms with Crippen LogP contribution >= 0.6 is 0 Å². The molecule has 1 amide bonds. The summed E-state index contributed by atoms with van der Waals surface area (Å²) in [5.74, 6) is 1.20. The molecule has 21 heavy (non-hydrogen) atoms. The average Bonchev–Trinajstić information content (AvgIpc) is 3.18. The molecule has 7 nitrogen and oxygen atoms in total. The van der Waals surface area contributed by atoms with Gasteiger partial charge in [-0.1, -0.05) is 0 Å². The zero-order valence-corrected chi connectivity index (χ0v) is 11.2. The lowest BCUT2D eigenvalue weighted by atomic mass is 10.2. The number of H-pyrrole nitrogens is 1. The Morgan fingerprint density at radius 2 is 2.29 bits per heavy atom. The van der Waals surface area contributed by atoms with E-state index < -0.39 is 0 Å².